The van der Waals surface area contributed by atoms with Crippen molar-refractivity contribution < 1.29 is 32.5 Å². The Morgan fingerprint density at radius 3 is 2.84 bits per heavy atom. The average molecular weight is 435 g/mol. The third kappa shape index (κ3) is 2.71. The first kappa shape index (κ1) is 20.2. The molecule has 1 aliphatic carbocycles. The van der Waals surface area contributed by atoms with Crippen LogP contribution in [0.1, 0.15) is 29.7 Å². The number of nitrogens with one attached hydrogen (secondary N) is 1. The first-order valence-electron chi connectivity index (χ1n) is 9.83. The molecule has 5 atom stereocenters. The van der Waals surface area contributed by atoms with Crippen LogP contribution in [-0.2, 0) is 21.1 Å². The van der Waals surface area contributed by atoms with E-state index in [-0.39, 0.29) is 17.9 Å². The van der Waals surface area contributed by atoms with E-state index in [1.54, 1.807) is 18.3 Å². The van der Waals surface area contributed by atoms with Gasteiger partial charge in [-0.25, -0.2) is 9.97 Å². The third-order valence-corrected chi connectivity index (χ3v) is 6.77. The maximum atomic E-state index is 13.4. The summed E-state index contributed by atoms with van der Waals surface area (Å²) in [5.41, 5.74) is -1.80. The summed E-state index contributed by atoms with van der Waals surface area (Å²) in [7, 11) is 1.48. The van der Waals surface area contributed by atoms with E-state index in [4.69, 9.17) is 9.47 Å². The molecule has 2 saturated heterocycles. The minimum absolute atomic E-state index is 0.142. The average Bonchev–Trinajstić information content (AvgIpc) is 3.20. The lowest BCUT2D eigenvalue weighted by Crippen LogP contribution is -2.44. The van der Waals surface area contributed by atoms with Crippen molar-refractivity contribution in [3.8, 4) is 5.88 Å². The second-order valence-corrected chi connectivity index (χ2v) is 8.39. The summed E-state index contributed by atoms with van der Waals surface area (Å²) < 4.78 is 50.7. The van der Waals surface area contributed by atoms with Crippen LogP contribution in [0.5, 0.6) is 5.88 Å². The van der Waals surface area contributed by atoms with Crippen LogP contribution in [0.25, 0.3) is 0 Å². The van der Waals surface area contributed by atoms with Crippen molar-refractivity contribution >= 4 is 11.7 Å². The van der Waals surface area contributed by atoms with Gasteiger partial charge in [-0.05, 0) is 37.1 Å². The summed E-state index contributed by atoms with van der Waals surface area (Å²) in [5, 5.41) is 13.1. The number of alkyl halides is 3. The number of pyridine rings is 2. The highest BCUT2D eigenvalue weighted by atomic mass is 19.4. The molecule has 7 nitrogen and oxygen atoms in total. The second-order valence-electron chi connectivity index (χ2n) is 8.39. The summed E-state index contributed by atoms with van der Waals surface area (Å²) in [6, 6.07) is 5.21. The minimum Gasteiger partial charge on any atom is -0.481 e. The molecule has 31 heavy (non-hydrogen) atoms. The van der Waals surface area contributed by atoms with Crippen molar-refractivity contribution in [2.45, 2.75) is 49.7 Å². The number of aliphatic hydroxyl groups excluding tert-OH is 1. The Morgan fingerprint density at radius 2 is 2.13 bits per heavy atom. The molecule has 164 valence electrons. The van der Waals surface area contributed by atoms with Gasteiger partial charge in [0.2, 0.25) is 11.8 Å². The van der Waals surface area contributed by atoms with Gasteiger partial charge in [-0.3, -0.25) is 4.79 Å². The molecule has 3 fully saturated rings. The summed E-state index contributed by atoms with van der Waals surface area (Å²) in [4.78, 5) is 21.6. The number of hydrogen-bond acceptors (Lipinski definition) is 6. The van der Waals surface area contributed by atoms with Crippen molar-refractivity contribution in [2.24, 2.45) is 5.41 Å². The Balaban J connectivity index is 1.51. The lowest BCUT2D eigenvalue weighted by atomic mass is 9.74. The molecule has 1 amide bonds. The zero-order chi connectivity index (χ0) is 22.2. The predicted octanol–water partition coefficient (Wildman–Crippen LogP) is 2.61. The molecule has 2 N–H and O–H groups in total. The molecule has 4 heterocycles. The van der Waals surface area contributed by atoms with E-state index in [0.29, 0.717) is 12.3 Å². The van der Waals surface area contributed by atoms with Crippen molar-refractivity contribution in [2.75, 3.05) is 12.4 Å². The number of methoxy groups -OCH3 is 1. The van der Waals surface area contributed by atoms with Crippen LogP contribution in [0.4, 0.5) is 19.0 Å². The molecule has 0 unspecified atom stereocenters. The van der Waals surface area contributed by atoms with Crippen molar-refractivity contribution in [1.82, 2.24) is 9.97 Å². The fourth-order valence-electron chi connectivity index (χ4n) is 5.45. The van der Waals surface area contributed by atoms with Gasteiger partial charge in [0, 0.05) is 29.8 Å². The quantitative estimate of drug-likeness (QED) is 0.767. The summed E-state index contributed by atoms with van der Waals surface area (Å²) in [5.74, 6) is -0.266. The molecule has 5 rings (SSSR count). The van der Waals surface area contributed by atoms with Gasteiger partial charge >= 0.3 is 6.18 Å². The normalized spacial score (nSPS) is 33.2. The van der Waals surface area contributed by atoms with Crippen LogP contribution in [0.3, 0.4) is 0 Å². The van der Waals surface area contributed by atoms with Gasteiger partial charge in [-0.2, -0.15) is 13.2 Å². The van der Waals surface area contributed by atoms with Crippen molar-refractivity contribution in [3.63, 3.8) is 0 Å². The minimum atomic E-state index is -4.55. The highest BCUT2D eigenvalue weighted by Gasteiger charge is 2.87. The number of aromatic nitrogens is 2. The molecule has 2 aliphatic heterocycles. The van der Waals surface area contributed by atoms with Crippen molar-refractivity contribution in [3.05, 3.63) is 47.3 Å². The van der Waals surface area contributed by atoms with Crippen LogP contribution in [-0.4, -0.2) is 46.4 Å². The Bertz CT molecular complexity index is 1080. The fourth-order valence-corrected chi connectivity index (χ4v) is 5.45. The zero-order valence-electron chi connectivity index (χ0n) is 16.7. The summed E-state index contributed by atoms with van der Waals surface area (Å²) in [6.45, 7) is 1.44. The zero-order valence-corrected chi connectivity index (χ0v) is 16.7. The molecular weight excluding hydrogens is 415 g/mol. The van der Waals surface area contributed by atoms with E-state index in [1.165, 1.54) is 14.0 Å². The van der Waals surface area contributed by atoms with Crippen LogP contribution in [0.15, 0.2) is 30.5 Å². The maximum Gasteiger partial charge on any atom is 0.416 e. The van der Waals surface area contributed by atoms with E-state index in [0.717, 1.165) is 17.7 Å². The lowest BCUT2D eigenvalue weighted by Gasteiger charge is -2.29. The van der Waals surface area contributed by atoms with Gasteiger partial charge in [0.15, 0.2) is 0 Å². The Morgan fingerprint density at radius 1 is 1.35 bits per heavy atom. The Hall–Kier alpha value is -2.72. The molecule has 1 saturated carbocycles. The predicted molar refractivity (Wildman–Crippen MR) is 101 cm³/mol. The number of carbonyl (C=O) groups excluding carboxylic acids is 1. The lowest BCUT2D eigenvalue weighted by molar-refractivity contribution is -0.137. The first-order chi connectivity index (χ1) is 14.6. The number of ether oxygens (including phenoxy) is 2. The fraction of sp³-hybridized carbons (Fsp3) is 0.476. The Kier molecular flexibility index (Phi) is 4.17. The van der Waals surface area contributed by atoms with Gasteiger partial charge in [0.25, 0.3) is 0 Å². The standard InChI is InChI=1S/C21H20F3N3O4/c1-10-5-12(21(22,23)24)6-15(26-10)27-18(29)20-9-19(20,17-13(28)8-14(20)31-17)11-3-4-25-16(7-11)30-2/h3-7,13-14,17,28H,8-9H2,1-2H3,(H,26,27,29)/t13-,14+,17-,19+,20+/m0/s1. The molecule has 2 aromatic rings. The topological polar surface area (TPSA) is 93.6 Å². The second kappa shape index (κ2) is 6.39. The number of amides is 1. The SMILES string of the molecule is COc1cc([C@@]23C[C@]2(C(=O)Nc2cc(C(F)(F)F)cc(C)n2)[C@H]2C[C@H](O)[C@@H]3O2)ccn1. The number of aryl methyl sites for hydroxylation is 1. The molecular formula is C21H20F3N3O4. The van der Waals surface area contributed by atoms with Gasteiger partial charge in [0.1, 0.15) is 5.82 Å². The number of carbonyl (C=O) groups is 1. The van der Waals surface area contributed by atoms with Gasteiger partial charge < -0.3 is 19.9 Å². The number of halogens is 3. The maximum absolute atomic E-state index is 13.4. The molecule has 3 aliphatic rings. The van der Waals surface area contributed by atoms with Crippen LogP contribution < -0.4 is 10.1 Å². The summed E-state index contributed by atoms with van der Waals surface area (Å²) in [6.07, 6.45) is -4.17. The molecule has 10 heteroatoms. The Labute approximate surface area is 175 Å². The number of nitrogens with zero attached hydrogens (tertiary/aromatic N) is 2. The van der Waals surface area contributed by atoms with Gasteiger partial charge in [0.05, 0.1) is 36.4 Å². The number of fused-ring (bicyclic) bond motifs is 5. The molecule has 0 radical (unpaired) electrons. The smallest absolute Gasteiger partial charge is 0.416 e. The largest absolute Gasteiger partial charge is 0.481 e. The molecule has 2 bridgehead atoms. The van der Waals surface area contributed by atoms with Gasteiger partial charge in [-0.15, -0.1) is 0 Å². The molecule has 0 spiro atoms. The van der Waals surface area contributed by atoms with E-state index < -0.39 is 46.8 Å². The summed E-state index contributed by atoms with van der Waals surface area (Å²) >= 11 is 0. The monoisotopic (exact) mass is 435 g/mol. The van der Waals surface area contributed by atoms with E-state index in [2.05, 4.69) is 15.3 Å². The first-order valence-corrected chi connectivity index (χ1v) is 9.83. The number of aliphatic hydroxyl groups is 1. The van der Waals surface area contributed by atoms with Crippen LogP contribution >= 0.6 is 0 Å². The molecule has 2 aromatic heterocycles. The number of rotatable bonds is 4. The van der Waals surface area contributed by atoms with E-state index >= 15 is 0 Å². The molecule has 0 aromatic carbocycles. The van der Waals surface area contributed by atoms with Crippen molar-refractivity contribution in [1.29, 1.82) is 0 Å². The highest BCUT2D eigenvalue weighted by Crippen LogP contribution is 2.77. The van der Waals surface area contributed by atoms with Crippen LogP contribution in [0.2, 0.25) is 0 Å². The number of hydrogen-bond donors (Lipinski definition) is 2. The number of anilines is 1. The van der Waals surface area contributed by atoms with E-state index in [1.807, 2.05) is 0 Å². The van der Waals surface area contributed by atoms with E-state index in [9.17, 15) is 23.1 Å². The van der Waals surface area contributed by atoms with Crippen LogP contribution in [0, 0.1) is 12.3 Å². The highest BCUT2D eigenvalue weighted by molar-refractivity contribution is 6.00. The van der Waals surface area contributed by atoms with Gasteiger partial charge in [-0.1, -0.05) is 0 Å². The third-order valence-electron chi connectivity index (χ3n) is 6.77.